The maximum absolute atomic E-state index is 13.4. The van der Waals surface area contributed by atoms with Crippen molar-refractivity contribution < 1.29 is 23.0 Å². The number of sulfone groups is 1. The molecular weight excluding hydrogens is 295 g/mol. The highest BCUT2D eigenvalue weighted by Gasteiger charge is 2.36. The third-order valence-corrected chi connectivity index (χ3v) is 6.43. The van der Waals surface area contributed by atoms with E-state index < -0.39 is 39.0 Å². The van der Waals surface area contributed by atoms with E-state index in [1.807, 2.05) is 0 Å². The Kier molecular flexibility index (Phi) is 5.52. The lowest BCUT2D eigenvalue weighted by molar-refractivity contribution is 0.113. The Morgan fingerprint density at radius 2 is 1.71 bits per heavy atom. The molecule has 0 atom stereocenters. The molecular formula is C15H23FO4S. The van der Waals surface area contributed by atoms with Crippen LogP contribution in [0.25, 0.3) is 0 Å². The smallest absolute Gasteiger partial charge is 0.155 e. The first-order valence-electron chi connectivity index (χ1n) is 6.78. The summed E-state index contributed by atoms with van der Waals surface area (Å²) in [5.41, 5.74) is -0.767. The monoisotopic (exact) mass is 318 g/mol. The van der Waals surface area contributed by atoms with Crippen LogP contribution in [-0.2, 0) is 15.3 Å². The molecule has 0 radical (unpaired) electrons. The van der Waals surface area contributed by atoms with Crippen molar-refractivity contribution in [3.05, 3.63) is 35.6 Å². The molecule has 1 aromatic rings. The van der Waals surface area contributed by atoms with Crippen LogP contribution in [-0.4, -0.2) is 42.3 Å². The van der Waals surface area contributed by atoms with Crippen LogP contribution in [0.5, 0.6) is 0 Å². The van der Waals surface area contributed by atoms with Crippen molar-refractivity contribution in [3.63, 3.8) is 0 Å². The zero-order valence-corrected chi connectivity index (χ0v) is 13.5. The van der Waals surface area contributed by atoms with Gasteiger partial charge in [-0.05, 0) is 44.9 Å². The van der Waals surface area contributed by atoms with Crippen LogP contribution in [0, 0.1) is 5.82 Å². The van der Waals surface area contributed by atoms with Crippen molar-refractivity contribution in [2.24, 2.45) is 0 Å². The summed E-state index contributed by atoms with van der Waals surface area (Å²) in [6, 6.07) is 5.53. The van der Waals surface area contributed by atoms with Crippen LogP contribution >= 0.6 is 0 Å². The maximum Gasteiger partial charge on any atom is 0.155 e. The molecule has 0 aromatic heterocycles. The minimum absolute atomic E-state index is 0.0308. The quantitative estimate of drug-likeness (QED) is 0.836. The van der Waals surface area contributed by atoms with E-state index in [1.54, 1.807) is 26.8 Å². The van der Waals surface area contributed by atoms with Crippen LogP contribution in [0.4, 0.5) is 4.39 Å². The van der Waals surface area contributed by atoms with E-state index in [0.717, 1.165) is 0 Å². The second-order valence-corrected chi connectivity index (χ2v) is 9.15. The van der Waals surface area contributed by atoms with E-state index in [9.17, 15) is 23.0 Å². The second-order valence-electron chi connectivity index (χ2n) is 6.29. The largest absolute Gasteiger partial charge is 0.395 e. The molecule has 120 valence electrons. The number of halogens is 1. The topological polar surface area (TPSA) is 74.6 Å². The first kappa shape index (κ1) is 18.1. The van der Waals surface area contributed by atoms with Crippen LogP contribution in [0.15, 0.2) is 24.3 Å². The predicted octanol–water partition coefficient (Wildman–Crippen LogP) is 1.65. The average molecular weight is 318 g/mol. The van der Waals surface area contributed by atoms with Gasteiger partial charge >= 0.3 is 0 Å². The SMILES string of the molecule is CC(C)(C)S(=O)(=O)CCC(CO)(CO)c1cccc(F)c1. The average Bonchev–Trinajstić information content (AvgIpc) is 2.39. The number of benzene rings is 1. The molecule has 0 saturated heterocycles. The van der Waals surface area contributed by atoms with Crippen molar-refractivity contribution in [1.29, 1.82) is 0 Å². The van der Waals surface area contributed by atoms with Crippen LogP contribution in [0.2, 0.25) is 0 Å². The van der Waals surface area contributed by atoms with Crippen LogP contribution in [0.1, 0.15) is 32.8 Å². The number of rotatable bonds is 6. The fourth-order valence-electron chi connectivity index (χ4n) is 1.99. The Morgan fingerprint density at radius 1 is 1.14 bits per heavy atom. The molecule has 0 spiro atoms. The lowest BCUT2D eigenvalue weighted by Crippen LogP contribution is -2.39. The normalized spacial score (nSPS) is 13.4. The maximum atomic E-state index is 13.4. The zero-order chi connectivity index (χ0) is 16.3. The highest BCUT2D eigenvalue weighted by atomic mass is 32.2. The molecule has 0 aliphatic heterocycles. The predicted molar refractivity (Wildman–Crippen MR) is 80.4 cm³/mol. The summed E-state index contributed by atoms with van der Waals surface area (Å²) in [5, 5.41) is 19.3. The summed E-state index contributed by atoms with van der Waals surface area (Å²) >= 11 is 0. The first-order valence-corrected chi connectivity index (χ1v) is 8.43. The van der Waals surface area contributed by atoms with E-state index in [4.69, 9.17) is 0 Å². The van der Waals surface area contributed by atoms with Crippen LogP contribution < -0.4 is 0 Å². The third kappa shape index (κ3) is 4.02. The van der Waals surface area contributed by atoms with Gasteiger partial charge in [0.1, 0.15) is 5.82 Å². The molecule has 2 N–H and O–H groups in total. The summed E-state index contributed by atoms with van der Waals surface area (Å²) in [6.07, 6.45) is 0.0308. The first-order chi connectivity index (χ1) is 9.58. The second kappa shape index (κ2) is 6.42. The Bertz CT molecular complexity index is 572. The molecule has 0 unspecified atom stereocenters. The summed E-state index contributed by atoms with van der Waals surface area (Å²) in [6.45, 7) is 3.90. The molecule has 0 heterocycles. The number of hydrogen-bond acceptors (Lipinski definition) is 4. The Balaban J connectivity index is 3.09. The van der Waals surface area contributed by atoms with Gasteiger partial charge in [0.05, 0.1) is 23.7 Å². The van der Waals surface area contributed by atoms with Gasteiger partial charge in [-0.15, -0.1) is 0 Å². The van der Waals surface area contributed by atoms with Crippen molar-refractivity contribution >= 4 is 9.84 Å². The minimum Gasteiger partial charge on any atom is -0.395 e. The molecule has 21 heavy (non-hydrogen) atoms. The lowest BCUT2D eigenvalue weighted by atomic mass is 9.79. The van der Waals surface area contributed by atoms with Crippen molar-refractivity contribution in [1.82, 2.24) is 0 Å². The van der Waals surface area contributed by atoms with Crippen molar-refractivity contribution in [2.75, 3.05) is 19.0 Å². The number of aliphatic hydroxyl groups is 2. The standard InChI is InChI=1S/C15H23FO4S/c1-14(2,3)21(19,20)8-7-15(10-17,11-18)12-5-4-6-13(16)9-12/h4-6,9,17-18H,7-8,10-11H2,1-3H3. The fraction of sp³-hybridized carbons (Fsp3) is 0.600. The summed E-state index contributed by atoms with van der Waals surface area (Å²) < 4.78 is 36.8. The molecule has 0 aliphatic carbocycles. The van der Waals surface area contributed by atoms with Gasteiger partial charge in [-0.3, -0.25) is 0 Å². The third-order valence-electron chi connectivity index (χ3n) is 3.82. The molecule has 0 bridgehead atoms. The summed E-state index contributed by atoms with van der Waals surface area (Å²) in [7, 11) is -3.39. The van der Waals surface area contributed by atoms with Gasteiger partial charge in [0.2, 0.25) is 0 Å². The molecule has 0 saturated carbocycles. The Hall–Kier alpha value is -0.980. The number of hydrogen-bond donors (Lipinski definition) is 2. The van der Waals surface area contributed by atoms with Gasteiger partial charge < -0.3 is 10.2 Å². The van der Waals surface area contributed by atoms with Gasteiger partial charge in [-0.2, -0.15) is 0 Å². The highest BCUT2D eigenvalue weighted by molar-refractivity contribution is 7.92. The molecule has 1 aromatic carbocycles. The molecule has 4 nitrogen and oxygen atoms in total. The Labute approximate surface area is 125 Å². The molecule has 1 rings (SSSR count). The zero-order valence-electron chi connectivity index (χ0n) is 12.6. The van der Waals surface area contributed by atoms with Gasteiger partial charge in [0.15, 0.2) is 9.84 Å². The fourth-order valence-corrected chi connectivity index (χ4v) is 3.26. The van der Waals surface area contributed by atoms with Crippen LogP contribution in [0.3, 0.4) is 0 Å². The lowest BCUT2D eigenvalue weighted by Gasteiger charge is -2.31. The molecule has 0 fully saturated rings. The van der Waals surface area contributed by atoms with Gasteiger partial charge in [-0.25, -0.2) is 12.8 Å². The van der Waals surface area contributed by atoms with Gasteiger partial charge in [0, 0.05) is 5.41 Å². The molecule has 6 heteroatoms. The van der Waals surface area contributed by atoms with E-state index >= 15 is 0 Å². The summed E-state index contributed by atoms with van der Waals surface area (Å²) in [4.78, 5) is 0. The van der Waals surface area contributed by atoms with E-state index in [1.165, 1.54) is 18.2 Å². The molecule has 0 aliphatic rings. The Morgan fingerprint density at radius 3 is 2.14 bits per heavy atom. The summed E-state index contributed by atoms with van der Waals surface area (Å²) in [5.74, 6) is -0.675. The van der Waals surface area contributed by atoms with E-state index in [0.29, 0.717) is 5.56 Å². The molecule has 0 amide bonds. The van der Waals surface area contributed by atoms with Crippen molar-refractivity contribution in [3.8, 4) is 0 Å². The van der Waals surface area contributed by atoms with Gasteiger partial charge in [-0.1, -0.05) is 12.1 Å². The van der Waals surface area contributed by atoms with E-state index in [-0.39, 0.29) is 12.2 Å². The highest BCUT2D eigenvalue weighted by Crippen LogP contribution is 2.30. The van der Waals surface area contributed by atoms with E-state index in [2.05, 4.69) is 0 Å². The minimum atomic E-state index is -3.39. The van der Waals surface area contributed by atoms with Crippen molar-refractivity contribution in [2.45, 2.75) is 37.4 Å². The van der Waals surface area contributed by atoms with Gasteiger partial charge in [0.25, 0.3) is 0 Å². The number of aliphatic hydroxyl groups excluding tert-OH is 2.